The smallest absolute Gasteiger partial charge is 0.329 e. The van der Waals surface area contributed by atoms with Crippen molar-refractivity contribution in [3.63, 3.8) is 0 Å². The van der Waals surface area contributed by atoms with Crippen molar-refractivity contribution in [1.29, 1.82) is 0 Å². The summed E-state index contributed by atoms with van der Waals surface area (Å²) in [5, 5.41) is 4.03. The minimum Gasteiger partial charge on any atom is -0.329 e. The van der Waals surface area contributed by atoms with Crippen LogP contribution in [0.2, 0.25) is 0 Å². The molecule has 186 valence electrons. The molecule has 3 aromatic rings. The number of nitrogens with zero attached hydrogens (tertiary/aromatic N) is 3. The quantitative estimate of drug-likeness (QED) is 0.403. The maximum absolute atomic E-state index is 13.3. The molecule has 0 aliphatic rings. The lowest BCUT2D eigenvalue weighted by Gasteiger charge is -2.24. The minimum absolute atomic E-state index is 0.127. The first kappa shape index (κ1) is 26.0. The fourth-order valence-corrected chi connectivity index (χ4v) is 3.43. The lowest BCUT2D eigenvalue weighted by molar-refractivity contribution is -0.138. The van der Waals surface area contributed by atoms with Crippen LogP contribution in [0.5, 0.6) is 0 Å². The molecule has 0 aliphatic carbocycles. The number of alkyl halides is 6. The largest absolute Gasteiger partial charge is 0.416 e. The summed E-state index contributed by atoms with van der Waals surface area (Å²) in [6.07, 6.45) is -8.66. The number of aryl methyl sites for hydroxylation is 1. The van der Waals surface area contributed by atoms with Gasteiger partial charge in [-0.25, -0.2) is 4.68 Å². The highest BCUT2D eigenvalue weighted by Crippen LogP contribution is 2.31. The first-order chi connectivity index (χ1) is 16.4. The number of aromatic nitrogens is 2. The highest BCUT2D eigenvalue weighted by Gasteiger charge is 2.32. The molecule has 35 heavy (non-hydrogen) atoms. The van der Waals surface area contributed by atoms with Gasteiger partial charge >= 0.3 is 12.4 Å². The molecular formula is C24H21F6N3O2. The lowest BCUT2D eigenvalue weighted by atomic mass is 10.1. The predicted octanol–water partition coefficient (Wildman–Crippen LogP) is 5.53. The van der Waals surface area contributed by atoms with Crippen LogP contribution in [-0.4, -0.2) is 20.6 Å². The maximum atomic E-state index is 13.3. The SMILES string of the molecule is CCCn1nc(C(=O)N(Cc2cccc(C(F)(F)F)c2)Cc2cccc(C(F)(F)F)c2)ccc1=O. The van der Waals surface area contributed by atoms with Gasteiger partial charge in [-0.3, -0.25) is 9.59 Å². The number of halogens is 6. The minimum atomic E-state index is -4.61. The van der Waals surface area contributed by atoms with Crippen LogP contribution in [0, 0.1) is 0 Å². The topological polar surface area (TPSA) is 55.2 Å². The Hall–Kier alpha value is -3.63. The van der Waals surface area contributed by atoms with Gasteiger partial charge in [-0.2, -0.15) is 31.4 Å². The van der Waals surface area contributed by atoms with E-state index in [0.717, 1.165) is 39.9 Å². The Labute approximate surface area is 196 Å². The predicted molar refractivity (Wildman–Crippen MR) is 115 cm³/mol. The summed E-state index contributed by atoms with van der Waals surface area (Å²) in [6, 6.07) is 11.0. The van der Waals surface area contributed by atoms with Gasteiger partial charge < -0.3 is 4.90 Å². The van der Waals surface area contributed by atoms with E-state index in [-0.39, 0.29) is 36.5 Å². The van der Waals surface area contributed by atoms with E-state index in [1.54, 1.807) is 6.92 Å². The van der Waals surface area contributed by atoms with E-state index >= 15 is 0 Å². The van der Waals surface area contributed by atoms with Gasteiger partial charge in [0.05, 0.1) is 11.1 Å². The van der Waals surface area contributed by atoms with Gasteiger partial charge in [0.25, 0.3) is 11.5 Å². The fraction of sp³-hybridized carbons (Fsp3) is 0.292. The lowest BCUT2D eigenvalue weighted by Crippen LogP contribution is -2.33. The van der Waals surface area contributed by atoms with Crippen molar-refractivity contribution < 1.29 is 31.1 Å². The molecule has 0 unspecified atom stereocenters. The Balaban J connectivity index is 2.00. The molecule has 3 rings (SSSR count). The molecule has 5 nitrogen and oxygen atoms in total. The van der Waals surface area contributed by atoms with E-state index in [4.69, 9.17) is 0 Å². The van der Waals surface area contributed by atoms with Crippen molar-refractivity contribution in [2.45, 2.75) is 45.3 Å². The maximum Gasteiger partial charge on any atom is 0.416 e. The summed E-state index contributed by atoms with van der Waals surface area (Å²) in [5.74, 6) is -0.746. The number of hydrogen-bond acceptors (Lipinski definition) is 3. The molecule has 0 spiro atoms. The van der Waals surface area contributed by atoms with Gasteiger partial charge in [-0.15, -0.1) is 0 Å². The van der Waals surface area contributed by atoms with Crippen molar-refractivity contribution in [3.05, 3.63) is 99.0 Å². The average molecular weight is 497 g/mol. The van der Waals surface area contributed by atoms with Crippen molar-refractivity contribution >= 4 is 5.91 Å². The summed E-state index contributed by atoms with van der Waals surface area (Å²) in [6.45, 7) is 1.39. The van der Waals surface area contributed by atoms with Crippen LogP contribution >= 0.6 is 0 Å². The summed E-state index contributed by atoms with van der Waals surface area (Å²) in [5.41, 5.74) is -2.18. The molecule has 0 saturated carbocycles. The summed E-state index contributed by atoms with van der Waals surface area (Å²) >= 11 is 0. The van der Waals surface area contributed by atoms with Gasteiger partial charge in [0.2, 0.25) is 0 Å². The molecule has 2 aromatic carbocycles. The van der Waals surface area contributed by atoms with E-state index < -0.39 is 34.9 Å². The number of benzene rings is 2. The normalized spacial score (nSPS) is 12.0. The molecule has 1 amide bonds. The molecule has 0 N–H and O–H groups in total. The molecule has 0 bridgehead atoms. The summed E-state index contributed by atoms with van der Waals surface area (Å²) < 4.78 is 80.0. The van der Waals surface area contributed by atoms with Crippen molar-refractivity contribution in [2.24, 2.45) is 0 Å². The number of hydrogen-bond donors (Lipinski definition) is 0. The van der Waals surface area contributed by atoms with Crippen LogP contribution in [0.1, 0.15) is 46.1 Å². The second-order valence-corrected chi connectivity index (χ2v) is 7.84. The Kier molecular flexibility index (Phi) is 7.67. The third-order valence-electron chi connectivity index (χ3n) is 5.06. The van der Waals surface area contributed by atoms with Crippen molar-refractivity contribution in [3.8, 4) is 0 Å². The molecule has 0 atom stereocenters. The van der Waals surface area contributed by atoms with Crippen molar-refractivity contribution in [1.82, 2.24) is 14.7 Å². The Morgan fingerprint density at radius 1 is 0.857 bits per heavy atom. The second kappa shape index (κ2) is 10.3. The van der Waals surface area contributed by atoms with Gasteiger partial charge in [-0.05, 0) is 47.9 Å². The average Bonchev–Trinajstić information content (AvgIpc) is 2.79. The van der Waals surface area contributed by atoms with Gasteiger partial charge in [-0.1, -0.05) is 31.2 Å². The Morgan fingerprint density at radius 2 is 1.37 bits per heavy atom. The number of carbonyl (C=O) groups is 1. The van der Waals surface area contributed by atoms with Crippen LogP contribution in [0.4, 0.5) is 26.3 Å². The molecule has 0 fully saturated rings. The highest BCUT2D eigenvalue weighted by molar-refractivity contribution is 5.92. The van der Waals surface area contributed by atoms with Crippen LogP contribution in [0.25, 0.3) is 0 Å². The number of rotatable bonds is 7. The molecule has 11 heteroatoms. The van der Waals surface area contributed by atoms with Gasteiger partial charge in [0.15, 0.2) is 0 Å². The third kappa shape index (κ3) is 6.71. The van der Waals surface area contributed by atoms with Crippen LogP contribution in [0.15, 0.2) is 65.5 Å². The highest BCUT2D eigenvalue weighted by atomic mass is 19.4. The second-order valence-electron chi connectivity index (χ2n) is 7.84. The van der Waals surface area contributed by atoms with E-state index in [1.807, 2.05) is 0 Å². The number of carbonyl (C=O) groups excluding carboxylic acids is 1. The Bertz CT molecular complexity index is 1190. The molecule has 0 aliphatic heterocycles. The fourth-order valence-electron chi connectivity index (χ4n) is 3.43. The van der Waals surface area contributed by atoms with Gasteiger partial charge in [0, 0.05) is 25.7 Å². The number of amides is 1. The zero-order valence-corrected chi connectivity index (χ0v) is 18.5. The zero-order chi connectivity index (χ0) is 25.8. The van der Waals surface area contributed by atoms with E-state index in [9.17, 15) is 35.9 Å². The molecular weight excluding hydrogens is 476 g/mol. The van der Waals surface area contributed by atoms with Crippen LogP contribution in [-0.2, 0) is 32.0 Å². The molecule has 1 heterocycles. The van der Waals surface area contributed by atoms with Crippen LogP contribution in [0.3, 0.4) is 0 Å². The molecule has 0 saturated heterocycles. The first-order valence-electron chi connectivity index (χ1n) is 10.6. The zero-order valence-electron chi connectivity index (χ0n) is 18.5. The summed E-state index contributed by atoms with van der Waals surface area (Å²) in [4.78, 5) is 26.3. The monoisotopic (exact) mass is 497 g/mol. The Morgan fingerprint density at radius 3 is 1.83 bits per heavy atom. The third-order valence-corrected chi connectivity index (χ3v) is 5.06. The molecule has 0 radical (unpaired) electrons. The van der Waals surface area contributed by atoms with Crippen LogP contribution < -0.4 is 5.56 Å². The van der Waals surface area contributed by atoms with E-state index in [0.29, 0.717) is 6.42 Å². The van der Waals surface area contributed by atoms with E-state index in [2.05, 4.69) is 5.10 Å². The van der Waals surface area contributed by atoms with Gasteiger partial charge in [0.1, 0.15) is 5.69 Å². The van der Waals surface area contributed by atoms with E-state index in [1.165, 1.54) is 30.3 Å². The summed E-state index contributed by atoms with van der Waals surface area (Å²) in [7, 11) is 0. The first-order valence-corrected chi connectivity index (χ1v) is 10.6. The van der Waals surface area contributed by atoms with Crippen molar-refractivity contribution in [2.75, 3.05) is 0 Å². The molecule has 1 aromatic heterocycles. The standard InChI is InChI=1S/C24H21F6N3O2/c1-2-11-33-21(34)10-9-20(31-33)22(35)32(14-16-5-3-7-18(12-16)23(25,26)27)15-17-6-4-8-19(13-17)24(28,29)30/h3-10,12-13H,2,11,14-15H2,1H3.